The molecule has 24 heavy (non-hydrogen) atoms. The Kier molecular flexibility index (Phi) is 4.23. The minimum atomic E-state index is -0.985. The number of piperazine rings is 2. The molecule has 2 N–H and O–H groups in total. The van der Waals surface area contributed by atoms with Gasteiger partial charge in [-0.1, -0.05) is 0 Å². The molecule has 2 saturated heterocycles. The third kappa shape index (κ3) is 2.84. The van der Waals surface area contributed by atoms with Gasteiger partial charge in [0.1, 0.15) is 17.9 Å². The first-order chi connectivity index (χ1) is 11.4. The largest absolute Gasteiger partial charge is 0.391 e. The molecule has 2 aliphatic rings. The van der Waals surface area contributed by atoms with Crippen LogP contribution < -0.4 is 5.32 Å². The average molecular weight is 335 g/mol. The molecule has 0 radical (unpaired) electrons. The van der Waals surface area contributed by atoms with Crippen molar-refractivity contribution in [3.8, 4) is 0 Å². The van der Waals surface area contributed by atoms with Gasteiger partial charge in [0.15, 0.2) is 0 Å². The molecular formula is C16H18FN3O4. The number of halogens is 1. The van der Waals surface area contributed by atoms with E-state index in [4.69, 9.17) is 0 Å². The smallest absolute Gasteiger partial charge is 0.254 e. The van der Waals surface area contributed by atoms with Crippen molar-refractivity contribution >= 4 is 17.7 Å². The topological polar surface area (TPSA) is 89.9 Å². The molecular weight excluding hydrogens is 317 g/mol. The van der Waals surface area contributed by atoms with E-state index in [1.54, 1.807) is 0 Å². The Morgan fingerprint density at radius 3 is 2.58 bits per heavy atom. The van der Waals surface area contributed by atoms with E-state index in [9.17, 15) is 23.9 Å². The van der Waals surface area contributed by atoms with Crippen molar-refractivity contribution in [3.63, 3.8) is 0 Å². The number of nitrogens with zero attached hydrogens (tertiary/aromatic N) is 2. The molecule has 0 aliphatic carbocycles. The van der Waals surface area contributed by atoms with Gasteiger partial charge in [-0.15, -0.1) is 0 Å². The average Bonchev–Trinajstić information content (AvgIpc) is 2.57. The van der Waals surface area contributed by atoms with Gasteiger partial charge in [0.05, 0.1) is 12.6 Å². The van der Waals surface area contributed by atoms with E-state index in [1.807, 2.05) is 0 Å². The minimum absolute atomic E-state index is 0.0698. The van der Waals surface area contributed by atoms with Crippen LogP contribution in [-0.2, 0) is 9.59 Å². The summed E-state index contributed by atoms with van der Waals surface area (Å²) in [5.41, 5.74) is 0.328. The van der Waals surface area contributed by atoms with Crippen LogP contribution in [0.25, 0.3) is 0 Å². The van der Waals surface area contributed by atoms with E-state index in [0.717, 1.165) is 0 Å². The molecule has 0 aromatic heterocycles. The Balaban J connectivity index is 1.75. The summed E-state index contributed by atoms with van der Waals surface area (Å²) in [4.78, 5) is 39.9. The normalized spacial score (nSPS) is 25.1. The zero-order valence-electron chi connectivity index (χ0n) is 13.1. The fourth-order valence-electron chi connectivity index (χ4n) is 3.05. The maximum Gasteiger partial charge on any atom is 0.254 e. The Bertz CT molecular complexity index is 676. The summed E-state index contributed by atoms with van der Waals surface area (Å²) >= 11 is 0. The lowest BCUT2D eigenvalue weighted by Gasteiger charge is -2.45. The van der Waals surface area contributed by atoms with Crippen LogP contribution in [0.4, 0.5) is 4.39 Å². The van der Waals surface area contributed by atoms with E-state index in [-0.39, 0.29) is 31.4 Å². The van der Waals surface area contributed by atoms with Gasteiger partial charge < -0.3 is 20.2 Å². The summed E-state index contributed by atoms with van der Waals surface area (Å²) in [6.45, 7) is 2.00. The Labute approximate surface area is 138 Å². The highest BCUT2D eigenvalue weighted by Crippen LogP contribution is 2.19. The third-order valence-corrected chi connectivity index (χ3v) is 4.39. The first-order valence-electron chi connectivity index (χ1n) is 7.72. The molecule has 8 heteroatoms. The number of hydrogen-bond donors (Lipinski definition) is 2. The summed E-state index contributed by atoms with van der Waals surface area (Å²) in [7, 11) is 0. The van der Waals surface area contributed by atoms with Crippen LogP contribution >= 0.6 is 0 Å². The second-order valence-corrected chi connectivity index (χ2v) is 6.03. The van der Waals surface area contributed by atoms with Crippen LogP contribution in [0.1, 0.15) is 17.3 Å². The molecule has 3 atom stereocenters. The lowest BCUT2D eigenvalue weighted by Crippen LogP contribution is -2.71. The Morgan fingerprint density at radius 2 is 1.96 bits per heavy atom. The summed E-state index contributed by atoms with van der Waals surface area (Å²) in [6.07, 6.45) is -0.985. The van der Waals surface area contributed by atoms with Crippen molar-refractivity contribution in [3.05, 3.63) is 35.6 Å². The lowest BCUT2D eigenvalue weighted by atomic mass is 10.0. The van der Waals surface area contributed by atoms with Crippen molar-refractivity contribution in [1.82, 2.24) is 15.1 Å². The molecule has 3 rings (SSSR count). The molecule has 0 spiro atoms. The number of hydrogen-bond acceptors (Lipinski definition) is 4. The van der Waals surface area contributed by atoms with E-state index >= 15 is 0 Å². The van der Waals surface area contributed by atoms with Crippen molar-refractivity contribution in [2.45, 2.75) is 25.1 Å². The van der Waals surface area contributed by atoms with Crippen molar-refractivity contribution < 1.29 is 23.9 Å². The van der Waals surface area contributed by atoms with Gasteiger partial charge in [-0.3, -0.25) is 14.4 Å². The maximum atomic E-state index is 13.0. The zero-order chi connectivity index (χ0) is 17.4. The summed E-state index contributed by atoms with van der Waals surface area (Å²) in [5.74, 6) is -1.48. The van der Waals surface area contributed by atoms with Gasteiger partial charge in [-0.05, 0) is 31.2 Å². The highest BCUT2D eigenvalue weighted by atomic mass is 19.1. The summed E-state index contributed by atoms with van der Waals surface area (Å²) < 4.78 is 13.0. The predicted octanol–water partition coefficient (Wildman–Crippen LogP) is -0.642. The van der Waals surface area contributed by atoms with Crippen LogP contribution in [0.3, 0.4) is 0 Å². The second kappa shape index (κ2) is 6.20. The van der Waals surface area contributed by atoms with Gasteiger partial charge in [-0.2, -0.15) is 0 Å². The third-order valence-electron chi connectivity index (χ3n) is 4.39. The number of benzene rings is 1. The molecule has 2 fully saturated rings. The van der Waals surface area contributed by atoms with Crippen LogP contribution in [0.2, 0.25) is 0 Å². The van der Waals surface area contributed by atoms with E-state index in [2.05, 4.69) is 5.32 Å². The van der Waals surface area contributed by atoms with Crippen molar-refractivity contribution in [2.75, 3.05) is 19.6 Å². The molecule has 2 heterocycles. The standard InChI is InChI=1S/C16H18FN3O4/c1-9(21)13-16(24)20-7-6-19(8-12(20)14(22)18-13)15(23)10-2-4-11(17)5-3-10/h2-5,9,12-13,21H,6-8H2,1H3,(H,18,22)/t9-,12-,13+/m1/s1. The van der Waals surface area contributed by atoms with Crippen LogP contribution in [0, 0.1) is 5.82 Å². The number of aliphatic hydroxyl groups excluding tert-OH is 1. The number of carbonyl (C=O) groups is 3. The minimum Gasteiger partial charge on any atom is -0.391 e. The number of nitrogens with one attached hydrogen (secondary N) is 1. The summed E-state index contributed by atoms with van der Waals surface area (Å²) in [6, 6.07) is 3.46. The SMILES string of the molecule is C[C@@H](O)[C@@H]1NC(=O)[C@H]2CN(C(=O)c3ccc(F)cc3)CCN2C1=O. The lowest BCUT2D eigenvalue weighted by molar-refractivity contribution is -0.155. The number of amides is 3. The summed E-state index contributed by atoms with van der Waals surface area (Å²) in [5, 5.41) is 12.1. The molecule has 0 unspecified atom stereocenters. The van der Waals surface area contributed by atoms with Gasteiger partial charge in [-0.25, -0.2) is 4.39 Å². The number of fused-ring (bicyclic) bond motifs is 1. The van der Waals surface area contributed by atoms with Gasteiger partial charge >= 0.3 is 0 Å². The highest BCUT2D eigenvalue weighted by Gasteiger charge is 2.45. The Morgan fingerprint density at radius 1 is 1.29 bits per heavy atom. The molecule has 1 aromatic carbocycles. The van der Waals surface area contributed by atoms with E-state index in [1.165, 1.54) is 41.0 Å². The fraction of sp³-hybridized carbons (Fsp3) is 0.438. The van der Waals surface area contributed by atoms with Crippen LogP contribution in [0.5, 0.6) is 0 Å². The van der Waals surface area contributed by atoms with E-state index in [0.29, 0.717) is 5.56 Å². The molecule has 0 saturated carbocycles. The highest BCUT2D eigenvalue weighted by molar-refractivity contribution is 5.99. The monoisotopic (exact) mass is 335 g/mol. The molecule has 1 aromatic rings. The zero-order valence-corrected chi connectivity index (χ0v) is 13.1. The molecule has 128 valence electrons. The molecule has 0 bridgehead atoms. The van der Waals surface area contributed by atoms with Crippen LogP contribution in [-0.4, -0.2) is 70.4 Å². The van der Waals surface area contributed by atoms with E-state index < -0.39 is 29.9 Å². The first kappa shape index (κ1) is 16.4. The van der Waals surface area contributed by atoms with Gasteiger partial charge in [0, 0.05) is 18.7 Å². The van der Waals surface area contributed by atoms with Gasteiger partial charge in [0.2, 0.25) is 11.8 Å². The maximum absolute atomic E-state index is 13.0. The van der Waals surface area contributed by atoms with Gasteiger partial charge in [0.25, 0.3) is 5.91 Å². The number of carbonyl (C=O) groups excluding carboxylic acids is 3. The van der Waals surface area contributed by atoms with Crippen LogP contribution in [0.15, 0.2) is 24.3 Å². The molecule has 2 aliphatic heterocycles. The second-order valence-electron chi connectivity index (χ2n) is 6.03. The quantitative estimate of drug-likeness (QED) is 0.752. The number of rotatable bonds is 2. The Hall–Kier alpha value is -2.48. The predicted molar refractivity (Wildman–Crippen MR) is 81.4 cm³/mol. The number of aliphatic hydroxyl groups is 1. The van der Waals surface area contributed by atoms with Crippen molar-refractivity contribution in [1.29, 1.82) is 0 Å². The fourth-order valence-corrected chi connectivity index (χ4v) is 3.05. The molecule has 7 nitrogen and oxygen atoms in total. The first-order valence-corrected chi connectivity index (χ1v) is 7.72. The van der Waals surface area contributed by atoms with Crippen molar-refractivity contribution in [2.24, 2.45) is 0 Å². The molecule has 3 amide bonds.